The zero-order valence-corrected chi connectivity index (χ0v) is 4.90. The lowest BCUT2D eigenvalue weighted by Gasteiger charge is -1.72. The molecule has 0 saturated carbocycles. The fraction of sp³-hybridized carbons (Fsp3) is 0. The maximum Gasteiger partial charge on any atom is 0.243 e. The molecular weight excluding hydrogens is 120 g/mol. The summed E-state index contributed by atoms with van der Waals surface area (Å²) in [5.41, 5.74) is 5.33. The molecule has 3 heteroatoms. The fourth-order valence-corrected chi connectivity index (χ4v) is 0.962. The lowest BCUT2D eigenvalue weighted by molar-refractivity contribution is 1.94. The van der Waals surface area contributed by atoms with Crippen LogP contribution in [0.1, 0.15) is 0 Å². The molecule has 0 bridgehead atoms. The Balaban J connectivity index is 3.05. The summed E-state index contributed by atoms with van der Waals surface area (Å²) in [6.45, 7) is 6.54. The number of anilines is 1. The van der Waals surface area contributed by atoms with Crippen LogP contribution < -0.4 is 5.73 Å². The van der Waals surface area contributed by atoms with Gasteiger partial charge in [-0.25, -0.2) is 4.85 Å². The Hall–Kier alpha value is -1.01. The first-order valence-electron chi connectivity index (χ1n) is 2.05. The second-order valence-electron chi connectivity index (χ2n) is 1.29. The monoisotopic (exact) mass is 124 g/mol. The largest absolute Gasteiger partial charge is 0.392 e. The van der Waals surface area contributed by atoms with Crippen LogP contribution in [0, 0.1) is 6.57 Å². The van der Waals surface area contributed by atoms with Crippen molar-refractivity contribution in [3.8, 4) is 0 Å². The fourth-order valence-electron chi connectivity index (χ4n) is 0.402. The molecular formula is C5H4N2S. The van der Waals surface area contributed by atoms with E-state index in [1.165, 1.54) is 11.3 Å². The number of hydrogen-bond acceptors (Lipinski definition) is 2. The molecule has 0 aromatic carbocycles. The molecule has 0 saturated heterocycles. The Kier molecular flexibility index (Phi) is 1.18. The van der Waals surface area contributed by atoms with E-state index in [1.807, 2.05) is 0 Å². The lowest BCUT2D eigenvalue weighted by Crippen LogP contribution is -1.72. The molecule has 0 aliphatic rings. The summed E-state index contributed by atoms with van der Waals surface area (Å²) >= 11 is 1.31. The number of nitrogens with zero attached hydrogens (tertiary/aromatic N) is 1. The van der Waals surface area contributed by atoms with Gasteiger partial charge in [-0.15, -0.1) is 11.3 Å². The first-order chi connectivity index (χ1) is 3.83. The van der Waals surface area contributed by atoms with Crippen molar-refractivity contribution in [1.29, 1.82) is 0 Å². The molecule has 0 fully saturated rings. The molecule has 0 aliphatic heterocycles. The number of nitrogens with two attached hydrogens (primary N) is 1. The second kappa shape index (κ2) is 1.85. The van der Waals surface area contributed by atoms with E-state index < -0.39 is 0 Å². The number of nitrogen functional groups attached to an aromatic ring is 1. The van der Waals surface area contributed by atoms with Crippen molar-refractivity contribution in [3.63, 3.8) is 0 Å². The first kappa shape index (κ1) is 5.13. The quantitative estimate of drug-likeness (QED) is 0.526. The molecule has 1 heterocycles. The Morgan fingerprint density at radius 1 is 1.62 bits per heavy atom. The van der Waals surface area contributed by atoms with Gasteiger partial charge in [0, 0.05) is 0 Å². The molecule has 2 N–H and O–H groups in total. The van der Waals surface area contributed by atoms with E-state index in [1.54, 1.807) is 12.1 Å². The maximum atomic E-state index is 6.54. The van der Waals surface area contributed by atoms with Gasteiger partial charge in [0.2, 0.25) is 5.00 Å². The highest BCUT2D eigenvalue weighted by Crippen LogP contribution is 2.25. The van der Waals surface area contributed by atoms with Crippen LogP contribution in [0.15, 0.2) is 12.1 Å². The van der Waals surface area contributed by atoms with Crippen molar-refractivity contribution < 1.29 is 0 Å². The third-order valence-corrected chi connectivity index (χ3v) is 1.53. The average Bonchev–Trinajstić information content (AvgIpc) is 2.14. The van der Waals surface area contributed by atoms with Crippen molar-refractivity contribution >= 4 is 21.3 Å². The highest BCUT2D eigenvalue weighted by molar-refractivity contribution is 7.19. The summed E-state index contributed by atoms with van der Waals surface area (Å²) in [5.74, 6) is 0. The van der Waals surface area contributed by atoms with Gasteiger partial charge in [0.15, 0.2) is 0 Å². The maximum absolute atomic E-state index is 6.54. The highest BCUT2D eigenvalue weighted by Gasteiger charge is 1.90. The molecule has 1 aromatic heterocycles. The zero-order valence-electron chi connectivity index (χ0n) is 4.09. The van der Waals surface area contributed by atoms with E-state index in [2.05, 4.69) is 4.85 Å². The van der Waals surface area contributed by atoms with Gasteiger partial charge in [0.05, 0.1) is 11.6 Å². The Bertz CT molecular complexity index is 221. The van der Waals surface area contributed by atoms with Crippen molar-refractivity contribution in [2.24, 2.45) is 0 Å². The Labute approximate surface area is 51.4 Å². The van der Waals surface area contributed by atoms with Gasteiger partial charge in [0.25, 0.3) is 0 Å². The number of thiophene rings is 1. The standard InChI is InChI=1S/C5H4N2S/c1-7-5-3-2-4(6)8-5/h2-3H,6H2. The van der Waals surface area contributed by atoms with Crippen molar-refractivity contribution in [3.05, 3.63) is 23.5 Å². The molecule has 0 radical (unpaired) electrons. The molecule has 0 spiro atoms. The van der Waals surface area contributed by atoms with Crippen LogP contribution in [-0.2, 0) is 0 Å². The van der Waals surface area contributed by atoms with E-state index in [0.717, 1.165) is 0 Å². The molecule has 0 amide bonds. The van der Waals surface area contributed by atoms with Gasteiger partial charge < -0.3 is 5.73 Å². The van der Waals surface area contributed by atoms with Gasteiger partial charge >= 0.3 is 0 Å². The number of hydrogen-bond donors (Lipinski definition) is 1. The molecule has 0 atom stereocenters. The molecule has 8 heavy (non-hydrogen) atoms. The van der Waals surface area contributed by atoms with Crippen LogP contribution in [0.3, 0.4) is 0 Å². The van der Waals surface area contributed by atoms with Crippen LogP contribution in [0.2, 0.25) is 0 Å². The normalized spacial score (nSPS) is 8.38. The third kappa shape index (κ3) is 0.796. The minimum Gasteiger partial charge on any atom is -0.392 e. The van der Waals surface area contributed by atoms with Gasteiger partial charge in [0.1, 0.15) is 0 Å². The van der Waals surface area contributed by atoms with E-state index >= 15 is 0 Å². The topological polar surface area (TPSA) is 30.4 Å². The van der Waals surface area contributed by atoms with E-state index in [4.69, 9.17) is 12.3 Å². The molecule has 40 valence electrons. The van der Waals surface area contributed by atoms with E-state index in [0.29, 0.717) is 10.0 Å². The first-order valence-corrected chi connectivity index (χ1v) is 2.87. The summed E-state index contributed by atoms with van der Waals surface area (Å²) in [5, 5.41) is 1.36. The molecule has 0 aliphatic carbocycles. The SMILES string of the molecule is [C-]#[N+]c1ccc(N)s1. The summed E-state index contributed by atoms with van der Waals surface area (Å²) in [4.78, 5) is 3.18. The minimum atomic E-state index is 0.655. The predicted molar refractivity (Wildman–Crippen MR) is 35.0 cm³/mol. The van der Waals surface area contributed by atoms with Crippen molar-refractivity contribution in [2.45, 2.75) is 0 Å². The third-order valence-electron chi connectivity index (χ3n) is 0.723. The highest BCUT2D eigenvalue weighted by atomic mass is 32.1. The molecule has 1 aromatic rings. The summed E-state index contributed by atoms with van der Waals surface area (Å²) in [6, 6.07) is 3.45. The van der Waals surface area contributed by atoms with Crippen LogP contribution >= 0.6 is 11.3 Å². The van der Waals surface area contributed by atoms with Gasteiger partial charge in [-0.05, 0) is 12.1 Å². The molecule has 0 unspecified atom stereocenters. The van der Waals surface area contributed by atoms with Crippen LogP contribution in [-0.4, -0.2) is 0 Å². The van der Waals surface area contributed by atoms with Gasteiger partial charge in [-0.3, -0.25) is 0 Å². The van der Waals surface area contributed by atoms with Crippen LogP contribution in [0.25, 0.3) is 4.85 Å². The van der Waals surface area contributed by atoms with Crippen LogP contribution in [0.5, 0.6) is 0 Å². The van der Waals surface area contributed by atoms with E-state index in [9.17, 15) is 0 Å². The van der Waals surface area contributed by atoms with Crippen molar-refractivity contribution in [1.82, 2.24) is 0 Å². The molecule has 1 rings (SSSR count). The summed E-state index contributed by atoms with van der Waals surface area (Å²) in [6.07, 6.45) is 0. The second-order valence-corrected chi connectivity index (χ2v) is 2.38. The summed E-state index contributed by atoms with van der Waals surface area (Å²) < 4.78 is 0. The molecule has 2 nitrogen and oxygen atoms in total. The average molecular weight is 124 g/mol. The number of rotatable bonds is 0. The predicted octanol–water partition coefficient (Wildman–Crippen LogP) is 1.88. The zero-order chi connectivity index (χ0) is 5.98. The van der Waals surface area contributed by atoms with Gasteiger partial charge in [-0.1, -0.05) is 0 Å². The van der Waals surface area contributed by atoms with E-state index in [-0.39, 0.29) is 0 Å². The Morgan fingerprint density at radius 2 is 2.38 bits per heavy atom. The van der Waals surface area contributed by atoms with Gasteiger partial charge in [-0.2, -0.15) is 0 Å². The minimum absolute atomic E-state index is 0.655. The smallest absolute Gasteiger partial charge is 0.243 e. The lowest BCUT2D eigenvalue weighted by atomic mass is 10.6. The summed E-state index contributed by atoms with van der Waals surface area (Å²) in [7, 11) is 0. The Morgan fingerprint density at radius 3 is 2.62 bits per heavy atom. The van der Waals surface area contributed by atoms with Crippen molar-refractivity contribution in [2.75, 3.05) is 5.73 Å². The van der Waals surface area contributed by atoms with Crippen LogP contribution in [0.4, 0.5) is 10.0 Å².